The van der Waals surface area contributed by atoms with Gasteiger partial charge in [0.15, 0.2) is 11.5 Å². The Balaban J connectivity index is 2.12. The van der Waals surface area contributed by atoms with E-state index in [1.165, 1.54) is 6.20 Å². The smallest absolute Gasteiger partial charge is 0.163 e. The van der Waals surface area contributed by atoms with Gasteiger partial charge in [-0.25, -0.2) is 0 Å². The van der Waals surface area contributed by atoms with Gasteiger partial charge < -0.3 is 10.5 Å². The standard InChI is InChI=1S/C15H10N4O/c16-8-10-5-7-18-9-14(10)20-13-4-3-12(17)11-2-1-6-19-15(11)13/h1-7,9H,17H2. The van der Waals surface area contributed by atoms with Crippen molar-refractivity contribution in [3.8, 4) is 17.6 Å². The molecule has 0 saturated carbocycles. The van der Waals surface area contributed by atoms with E-state index in [0.717, 1.165) is 5.39 Å². The summed E-state index contributed by atoms with van der Waals surface area (Å²) in [5.74, 6) is 0.936. The van der Waals surface area contributed by atoms with Crippen molar-refractivity contribution >= 4 is 16.6 Å². The molecule has 2 aromatic heterocycles. The lowest BCUT2D eigenvalue weighted by Gasteiger charge is -2.10. The quantitative estimate of drug-likeness (QED) is 0.718. The van der Waals surface area contributed by atoms with E-state index in [2.05, 4.69) is 16.0 Å². The van der Waals surface area contributed by atoms with Crippen LogP contribution in [-0.2, 0) is 0 Å². The Morgan fingerprint density at radius 3 is 2.85 bits per heavy atom. The third kappa shape index (κ3) is 1.99. The summed E-state index contributed by atoms with van der Waals surface area (Å²) in [7, 11) is 0. The Bertz CT molecular complexity index is 823. The van der Waals surface area contributed by atoms with Crippen LogP contribution < -0.4 is 10.5 Å². The Kier molecular flexibility index (Phi) is 2.90. The van der Waals surface area contributed by atoms with Gasteiger partial charge in [0.1, 0.15) is 11.6 Å². The monoisotopic (exact) mass is 262 g/mol. The molecule has 0 spiro atoms. The first kappa shape index (κ1) is 11.9. The first-order valence-electron chi connectivity index (χ1n) is 5.95. The van der Waals surface area contributed by atoms with Gasteiger partial charge in [-0.1, -0.05) is 0 Å². The largest absolute Gasteiger partial charge is 0.452 e. The van der Waals surface area contributed by atoms with Gasteiger partial charge in [0.25, 0.3) is 0 Å². The maximum absolute atomic E-state index is 9.06. The second-order valence-corrected chi connectivity index (χ2v) is 4.14. The summed E-state index contributed by atoms with van der Waals surface area (Å²) in [5.41, 5.74) is 7.62. The number of pyridine rings is 2. The third-order valence-corrected chi connectivity index (χ3v) is 2.89. The second kappa shape index (κ2) is 4.86. The van der Waals surface area contributed by atoms with Crippen LogP contribution in [0.25, 0.3) is 10.9 Å². The molecule has 0 fully saturated rings. The number of hydrogen-bond donors (Lipinski definition) is 1. The number of nitrogen functional groups attached to an aromatic ring is 1. The maximum atomic E-state index is 9.06. The van der Waals surface area contributed by atoms with Crippen LogP contribution in [0.4, 0.5) is 5.69 Å². The van der Waals surface area contributed by atoms with Crippen LogP contribution >= 0.6 is 0 Å². The summed E-state index contributed by atoms with van der Waals surface area (Å²) in [6.45, 7) is 0. The highest BCUT2D eigenvalue weighted by molar-refractivity contribution is 5.94. The molecule has 0 aliphatic rings. The van der Waals surface area contributed by atoms with Crippen LogP contribution in [0.15, 0.2) is 48.9 Å². The van der Waals surface area contributed by atoms with Gasteiger partial charge in [-0.3, -0.25) is 9.97 Å². The molecule has 3 rings (SSSR count). The van der Waals surface area contributed by atoms with E-state index in [9.17, 15) is 0 Å². The van der Waals surface area contributed by atoms with Crippen LogP contribution in [0.5, 0.6) is 11.5 Å². The van der Waals surface area contributed by atoms with Crippen molar-refractivity contribution in [3.63, 3.8) is 0 Å². The molecule has 0 saturated heterocycles. The zero-order valence-corrected chi connectivity index (χ0v) is 10.4. The predicted molar refractivity (Wildman–Crippen MR) is 75.2 cm³/mol. The molecular weight excluding hydrogens is 252 g/mol. The summed E-state index contributed by atoms with van der Waals surface area (Å²) in [6, 6.07) is 10.8. The molecule has 0 bridgehead atoms. The van der Waals surface area contributed by atoms with Crippen LogP contribution in [-0.4, -0.2) is 9.97 Å². The molecule has 5 nitrogen and oxygen atoms in total. The number of nitrogens with zero attached hydrogens (tertiary/aromatic N) is 3. The molecular formula is C15H10N4O. The van der Waals surface area contributed by atoms with E-state index in [-0.39, 0.29) is 0 Å². The number of fused-ring (bicyclic) bond motifs is 1. The highest BCUT2D eigenvalue weighted by Gasteiger charge is 2.09. The van der Waals surface area contributed by atoms with E-state index in [1.807, 2.05) is 12.1 Å². The summed E-state index contributed by atoms with van der Waals surface area (Å²) in [4.78, 5) is 8.25. The fourth-order valence-corrected chi connectivity index (χ4v) is 1.92. The molecule has 2 N–H and O–H groups in total. The van der Waals surface area contributed by atoms with Crippen molar-refractivity contribution in [2.45, 2.75) is 0 Å². The number of nitrogens with two attached hydrogens (primary N) is 1. The minimum atomic E-state index is 0.395. The van der Waals surface area contributed by atoms with Crippen LogP contribution in [0, 0.1) is 11.3 Å². The lowest BCUT2D eigenvalue weighted by Crippen LogP contribution is -1.94. The van der Waals surface area contributed by atoms with E-state index in [4.69, 9.17) is 15.7 Å². The number of anilines is 1. The first-order valence-corrected chi connectivity index (χ1v) is 5.95. The molecule has 96 valence electrons. The van der Waals surface area contributed by atoms with Crippen LogP contribution in [0.1, 0.15) is 5.56 Å². The molecule has 20 heavy (non-hydrogen) atoms. The first-order chi connectivity index (χ1) is 9.79. The number of ether oxygens (including phenoxy) is 1. The van der Waals surface area contributed by atoms with Crippen LogP contribution in [0.3, 0.4) is 0 Å². The van der Waals surface area contributed by atoms with Gasteiger partial charge in [-0.05, 0) is 30.3 Å². The number of hydrogen-bond acceptors (Lipinski definition) is 5. The number of nitriles is 1. The molecule has 0 aliphatic carbocycles. The fourth-order valence-electron chi connectivity index (χ4n) is 1.92. The molecule has 0 radical (unpaired) electrons. The lowest BCUT2D eigenvalue weighted by atomic mass is 10.1. The zero-order chi connectivity index (χ0) is 13.9. The van der Waals surface area contributed by atoms with Crippen molar-refractivity contribution < 1.29 is 4.74 Å². The number of rotatable bonds is 2. The molecule has 3 aromatic rings. The fraction of sp³-hybridized carbons (Fsp3) is 0. The minimum absolute atomic E-state index is 0.395. The van der Waals surface area contributed by atoms with Gasteiger partial charge in [0, 0.05) is 23.5 Å². The van der Waals surface area contributed by atoms with Gasteiger partial charge in [-0.2, -0.15) is 5.26 Å². The summed E-state index contributed by atoms with van der Waals surface area (Å²) < 4.78 is 5.77. The molecule has 0 unspecified atom stereocenters. The molecule has 5 heteroatoms. The van der Waals surface area contributed by atoms with Crippen molar-refractivity contribution in [3.05, 3.63) is 54.5 Å². The average molecular weight is 262 g/mol. The Hall–Kier alpha value is -3.13. The zero-order valence-electron chi connectivity index (χ0n) is 10.4. The Morgan fingerprint density at radius 2 is 2.00 bits per heavy atom. The van der Waals surface area contributed by atoms with E-state index >= 15 is 0 Å². The molecule has 1 aromatic carbocycles. The second-order valence-electron chi connectivity index (χ2n) is 4.14. The van der Waals surface area contributed by atoms with Crippen molar-refractivity contribution in [2.75, 3.05) is 5.73 Å². The topological polar surface area (TPSA) is 84.8 Å². The SMILES string of the molecule is N#Cc1ccncc1Oc1ccc(N)c2cccnc12. The summed E-state index contributed by atoms with van der Waals surface area (Å²) >= 11 is 0. The molecule has 0 aliphatic heterocycles. The normalized spacial score (nSPS) is 10.2. The number of aromatic nitrogens is 2. The van der Waals surface area contributed by atoms with Gasteiger partial charge >= 0.3 is 0 Å². The van der Waals surface area contributed by atoms with Gasteiger partial charge in [0.2, 0.25) is 0 Å². The Labute approximate surface area is 115 Å². The summed E-state index contributed by atoms with van der Waals surface area (Å²) in [5, 5.41) is 9.87. The summed E-state index contributed by atoms with van der Waals surface area (Å²) in [6.07, 6.45) is 4.72. The van der Waals surface area contributed by atoms with E-state index in [0.29, 0.717) is 28.3 Å². The van der Waals surface area contributed by atoms with E-state index < -0.39 is 0 Å². The molecule has 0 amide bonds. The highest BCUT2D eigenvalue weighted by Crippen LogP contribution is 2.32. The average Bonchev–Trinajstić information content (AvgIpc) is 2.51. The minimum Gasteiger partial charge on any atom is -0.452 e. The molecule has 2 heterocycles. The highest BCUT2D eigenvalue weighted by atomic mass is 16.5. The maximum Gasteiger partial charge on any atom is 0.163 e. The van der Waals surface area contributed by atoms with Crippen LogP contribution in [0.2, 0.25) is 0 Å². The van der Waals surface area contributed by atoms with Crippen molar-refractivity contribution in [1.82, 2.24) is 9.97 Å². The van der Waals surface area contributed by atoms with Gasteiger partial charge in [-0.15, -0.1) is 0 Å². The lowest BCUT2D eigenvalue weighted by molar-refractivity contribution is 0.483. The van der Waals surface area contributed by atoms with Gasteiger partial charge in [0.05, 0.1) is 11.8 Å². The van der Waals surface area contributed by atoms with Crippen molar-refractivity contribution in [1.29, 1.82) is 5.26 Å². The Morgan fingerprint density at radius 1 is 1.10 bits per heavy atom. The van der Waals surface area contributed by atoms with E-state index in [1.54, 1.807) is 30.6 Å². The van der Waals surface area contributed by atoms with Crippen molar-refractivity contribution in [2.24, 2.45) is 0 Å². The number of benzene rings is 1. The third-order valence-electron chi connectivity index (χ3n) is 2.89. The molecule has 0 atom stereocenters. The predicted octanol–water partition coefficient (Wildman–Crippen LogP) is 2.88.